The third kappa shape index (κ3) is 4.51. The Morgan fingerprint density at radius 3 is 2.73 bits per heavy atom. The maximum atomic E-state index is 8.40. The highest BCUT2D eigenvalue weighted by molar-refractivity contribution is 5.79. The predicted molar refractivity (Wildman–Crippen MR) is 62.1 cm³/mol. The number of hydrogen-bond donors (Lipinski definition) is 2. The zero-order valence-electron chi connectivity index (χ0n) is 9.65. The summed E-state index contributed by atoms with van der Waals surface area (Å²) in [6, 6.07) is 0. The molecule has 0 saturated heterocycles. The maximum absolute atomic E-state index is 8.40. The Kier molecular flexibility index (Phi) is 5.47. The van der Waals surface area contributed by atoms with Crippen LogP contribution in [0.1, 0.15) is 39.0 Å². The molecular formula is C11H23N3O. The SMILES string of the molecule is CCN(CCCC(N)=NO)CC1CCC1. The monoisotopic (exact) mass is 213 g/mol. The second-order valence-electron chi connectivity index (χ2n) is 4.39. The van der Waals surface area contributed by atoms with Gasteiger partial charge in [0.15, 0.2) is 0 Å². The number of nitrogens with two attached hydrogens (primary N) is 1. The molecule has 4 heteroatoms. The average Bonchev–Trinajstić information content (AvgIpc) is 2.20. The second kappa shape index (κ2) is 6.67. The minimum absolute atomic E-state index is 0.342. The second-order valence-corrected chi connectivity index (χ2v) is 4.39. The third-order valence-corrected chi connectivity index (χ3v) is 3.22. The lowest BCUT2D eigenvalue weighted by atomic mass is 9.85. The molecule has 0 unspecified atom stereocenters. The summed E-state index contributed by atoms with van der Waals surface area (Å²) in [6.45, 7) is 5.59. The number of rotatable bonds is 7. The summed E-state index contributed by atoms with van der Waals surface area (Å²) in [5.41, 5.74) is 5.42. The van der Waals surface area contributed by atoms with Gasteiger partial charge in [-0.05, 0) is 38.3 Å². The van der Waals surface area contributed by atoms with E-state index in [1.807, 2.05) is 0 Å². The van der Waals surface area contributed by atoms with E-state index in [1.54, 1.807) is 0 Å². The average molecular weight is 213 g/mol. The molecule has 0 amide bonds. The highest BCUT2D eigenvalue weighted by atomic mass is 16.4. The van der Waals surface area contributed by atoms with Gasteiger partial charge in [-0.3, -0.25) is 0 Å². The van der Waals surface area contributed by atoms with Crippen LogP contribution >= 0.6 is 0 Å². The van der Waals surface area contributed by atoms with Gasteiger partial charge >= 0.3 is 0 Å². The van der Waals surface area contributed by atoms with Gasteiger partial charge in [0.25, 0.3) is 0 Å². The van der Waals surface area contributed by atoms with Crippen molar-refractivity contribution in [2.24, 2.45) is 16.8 Å². The van der Waals surface area contributed by atoms with Crippen molar-refractivity contribution in [3.05, 3.63) is 0 Å². The number of oxime groups is 1. The van der Waals surface area contributed by atoms with Crippen molar-refractivity contribution in [1.82, 2.24) is 4.90 Å². The molecule has 1 fully saturated rings. The molecule has 4 nitrogen and oxygen atoms in total. The first-order valence-electron chi connectivity index (χ1n) is 5.95. The van der Waals surface area contributed by atoms with Gasteiger partial charge < -0.3 is 15.8 Å². The summed E-state index contributed by atoms with van der Waals surface area (Å²) in [5, 5.41) is 11.4. The quantitative estimate of drug-likeness (QED) is 0.292. The molecular weight excluding hydrogens is 190 g/mol. The van der Waals surface area contributed by atoms with E-state index in [9.17, 15) is 0 Å². The summed E-state index contributed by atoms with van der Waals surface area (Å²) < 4.78 is 0. The Balaban J connectivity index is 2.10. The van der Waals surface area contributed by atoms with Crippen molar-refractivity contribution >= 4 is 5.84 Å². The lowest BCUT2D eigenvalue weighted by Crippen LogP contribution is -2.33. The Morgan fingerprint density at radius 2 is 2.27 bits per heavy atom. The summed E-state index contributed by atoms with van der Waals surface area (Å²) in [7, 11) is 0. The van der Waals surface area contributed by atoms with Crippen LogP contribution in [0.4, 0.5) is 0 Å². The van der Waals surface area contributed by atoms with Crippen molar-refractivity contribution in [3.63, 3.8) is 0 Å². The fourth-order valence-corrected chi connectivity index (χ4v) is 1.95. The first-order chi connectivity index (χ1) is 7.26. The lowest BCUT2D eigenvalue weighted by molar-refractivity contribution is 0.183. The Labute approximate surface area is 92.1 Å². The Morgan fingerprint density at radius 1 is 1.53 bits per heavy atom. The molecule has 0 aromatic rings. The molecule has 0 aliphatic heterocycles. The minimum atomic E-state index is 0.342. The molecule has 1 aliphatic rings. The normalized spacial score (nSPS) is 18.1. The summed E-state index contributed by atoms with van der Waals surface area (Å²) in [6.07, 6.45) is 5.88. The van der Waals surface area contributed by atoms with Crippen LogP contribution in [0.3, 0.4) is 0 Å². The number of amidine groups is 1. The van der Waals surface area contributed by atoms with Crippen LogP contribution in [-0.2, 0) is 0 Å². The van der Waals surface area contributed by atoms with Gasteiger partial charge in [-0.1, -0.05) is 18.5 Å². The molecule has 1 saturated carbocycles. The van der Waals surface area contributed by atoms with E-state index >= 15 is 0 Å². The number of nitrogens with zero attached hydrogens (tertiary/aromatic N) is 2. The van der Waals surface area contributed by atoms with Crippen molar-refractivity contribution < 1.29 is 5.21 Å². The topological polar surface area (TPSA) is 61.8 Å². The lowest BCUT2D eigenvalue weighted by Gasteiger charge is -2.31. The van der Waals surface area contributed by atoms with Crippen molar-refractivity contribution in [2.45, 2.75) is 39.0 Å². The zero-order chi connectivity index (χ0) is 11.1. The van der Waals surface area contributed by atoms with Gasteiger partial charge in [0.2, 0.25) is 0 Å². The zero-order valence-corrected chi connectivity index (χ0v) is 9.65. The van der Waals surface area contributed by atoms with E-state index in [1.165, 1.54) is 25.8 Å². The van der Waals surface area contributed by atoms with Gasteiger partial charge in [0.1, 0.15) is 5.84 Å². The fourth-order valence-electron chi connectivity index (χ4n) is 1.95. The van der Waals surface area contributed by atoms with Crippen molar-refractivity contribution in [1.29, 1.82) is 0 Å². The van der Waals surface area contributed by atoms with E-state index in [2.05, 4.69) is 17.0 Å². The number of hydrogen-bond acceptors (Lipinski definition) is 3. The maximum Gasteiger partial charge on any atom is 0.139 e. The van der Waals surface area contributed by atoms with Crippen LogP contribution in [0.15, 0.2) is 5.16 Å². The van der Waals surface area contributed by atoms with E-state index < -0.39 is 0 Å². The molecule has 0 aromatic carbocycles. The Bertz CT molecular complexity index is 202. The molecule has 0 bridgehead atoms. The minimum Gasteiger partial charge on any atom is -0.409 e. The van der Waals surface area contributed by atoms with Gasteiger partial charge in [0, 0.05) is 13.0 Å². The predicted octanol–water partition coefficient (Wildman–Crippen LogP) is 1.63. The molecule has 0 heterocycles. The van der Waals surface area contributed by atoms with E-state index in [0.717, 1.165) is 25.4 Å². The summed E-state index contributed by atoms with van der Waals surface area (Å²) in [5.74, 6) is 1.27. The molecule has 0 aromatic heterocycles. The van der Waals surface area contributed by atoms with E-state index in [4.69, 9.17) is 10.9 Å². The molecule has 1 aliphatic carbocycles. The van der Waals surface area contributed by atoms with E-state index in [0.29, 0.717) is 12.3 Å². The highest BCUT2D eigenvalue weighted by Crippen LogP contribution is 2.26. The van der Waals surface area contributed by atoms with Gasteiger partial charge in [-0.25, -0.2) is 0 Å². The molecule has 0 radical (unpaired) electrons. The van der Waals surface area contributed by atoms with Crippen molar-refractivity contribution in [2.75, 3.05) is 19.6 Å². The van der Waals surface area contributed by atoms with Crippen LogP contribution in [0.5, 0.6) is 0 Å². The fraction of sp³-hybridized carbons (Fsp3) is 0.909. The summed E-state index contributed by atoms with van der Waals surface area (Å²) in [4.78, 5) is 2.47. The molecule has 1 rings (SSSR count). The van der Waals surface area contributed by atoms with Gasteiger partial charge in [-0.2, -0.15) is 0 Å². The van der Waals surface area contributed by atoms with Gasteiger partial charge in [-0.15, -0.1) is 0 Å². The van der Waals surface area contributed by atoms with Crippen LogP contribution in [0.25, 0.3) is 0 Å². The van der Waals surface area contributed by atoms with Gasteiger partial charge in [0.05, 0.1) is 0 Å². The molecule has 15 heavy (non-hydrogen) atoms. The summed E-state index contributed by atoms with van der Waals surface area (Å²) >= 11 is 0. The third-order valence-electron chi connectivity index (χ3n) is 3.22. The first kappa shape index (κ1) is 12.3. The molecule has 88 valence electrons. The van der Waals surface area contributed by atoms with Crippen LogP contribution in [-0.4, -0.2) is 35.6 Å². The standard InChI is InChI=1S/C11H23N3O/c1-2-14(9-10-5-3-6-10)8-4-7-11(12)13-15/h10,15H,2-9H2,1H3,(H2,12,13). The van der Waals surface area contributed by atoms with Crippen LogP contribution < -0.4 is 5.73 Å². The molecule has 3 N–H and O–H groups in total. The Hall–Kier alpha value is -0.770. The van der Waals surface area contributed by atoms with E-state index in [-0.39, 0.29) is 0 Å². The highest BCUT2D eigenvalue weighted by Gasteiger charge is 2.19. The molecule has 0 spiro atoms. The smallest absolute Gasteiger partial charge is 0.139 e. The van der Waals surface area contributed by atoms with Crippen LogP contribution in [0.2, 0.25) is 0 Å². The largest absolute Gasteiger partial charge is 0.409 e. The van der Waals surface area contributed by atoms with Crippen LogP contribution in [0, 0.1) is 5.92 Å². The van der Waals surface area contributed by atoms with Crippen molar-refractivity contribution in [3.8, 4) is 0 Å². The first-order valence-corrected chi connectivity index (χ1v) is 5.95. The molecule has 0 atom stereocenters.